The lowest BCUT2D eigenvalue weighted by atomic mass is 10.6. The summed E-state index contributed by atoms with van der Waals surface area (Å²) in [6, 6.07) is 0. The Morgan fingerprint density at radius 2 is 2.73 bits per heavy atom. The number of hydrogen-bond acceptors (Lipinski definition) is 4. The Bertz CT molecular complexity index is 385. The minimum Gasteiger partial charge on any atom is -0.392 e. The number of aryl methyl sites for hydroxylation is 1. The molecule has 1 rings (SSSR count). The number of rotatable bonds is 3. The van der Waals surface area contributed by atoms with Gasteiger partial charge in [0.15, 0.2) is 6.33 Å². The highest BCUT2D eigenvalue weighted by Gasteiger charge is 2.10. The highest BCUT2D eigenvalue weighted by molar-refractivity contribution is 5.14. The van der Waals surface area contributed by atoms with Gasteiger partial charge < -0.3 is 15.2 Å². The molecule has 1 aromatic heterocycles. The third kappa shape index (κ3) is 1.53. The van der Waals surface area contributed by atoms with E-state index in [9.17, 15) is 10.1 Å². The third-order valence-corrected chi connectivity index (χ3v) is 0.976. The lowest BCUT2D eigenvalue weighted by Crippen LogP contribution is -2.04. The fourth-order valence-electron chi connectivity index (χ4n) is 0.563. The van der Waals surface area contributed by atoms with Crippen LogP contribution in [0.4, 0.5) is 5.82 Å². The molecular formula is C5H7N3O3. The van der Waals surface area contributed by atoms with Crippen molar-refractivity contribution in [2.24, 2.45) is 0 Å². The predicted octanol–water partition coefficient (Wildman–Crippen LogP) is -0.216. The molecule has 1 heterocycles. The van der Waals surface area contributed by atoms with Gasteiger partial charge in [-0.15, -0.1) is 0 Å². The van der Waals surface area contributed by atoms with Gasteiger partial charge in [0.2, 0.25) is 0 Å². The average Bonchev–Trinajstić information content (AvgIpc) is 2.48. The van der Waals surface area contributed by atoms with Crippen molar-refractivity contribution in [3.8, 4) is 0 Å². The second-order valence-corrected chi connectivity index (χ2v) is 1.60. The zero-order valence-corrected chi connectivity index (χ0v) is 5.26. The largest absolute Gasteiger partial charge is 0.392 e. The molecule has 11 heavy (non-hydrogen) atoms. The number of nitro groups is 1. The van der Waals surface area contributed by atoms with E-state index in [0.29, 0.717) is 4.57 Å². The lowest BCUT2D eigenvalue weighted by molar-refractivity contribution is -0.392. The maximum absolute atomic E-state index is 10.4. The summed E-state index contributed by atoms with van der Waals surface area (Å²) in [6.07, 6.45) is 1.51. The SMILES string of the molecule is [2H]C([2H])(O)C([2H])([2H])n1cncc1[N+](=O)[O-]. The first-order chi connectivity index (χ1) is 6.68. The monoisotopic (exact) mass is 161 g/mol. The van der Waals surface area contributed by atoms with Gasteiger partial charge in [0.1, 0.15) is 12.7 Å². The summed E-state index contributed by atoms with van der Waals surface area (Å²) in [7, 11) is 0. The van der Waals surface area contributed by atoms with Crippen LogP contribution in [0, 0.1) is 10.1 Å². The zero-order chi connectivity index (χ0) is 11.9. The van der Waals surface area contributed by atoms with Crippen molar-refractivity contribution in [1.82, 2.24) is 9.55 Å². The maximum atomic E-state index is 10.4. The van der Waals surface area contributed by atoms with Gasteiger partial charge >= 0.3 is 5.82 Å². The summed E-state index contributed by atoms with van der Waals surface area (Å²) in [5.41, 5.74) is 0. The molecule has 0 saturated heterocycles. The van der Waals surface area contributed by atoms with Crippen LogP contribution in [0.5, 0.6) is 0 Å². The van der Waals surface area contributed by atoms with Crippen molar-refractivity contribution in [2.75, 3.05) is 6.56 Å². The molecule has 6 heteroatoms. The number of imidazole rings is 1. The summed E-state index contributed by atoms with van der Waals surface area (Å²) in [6.45, 7) is -6.22. The minimum absolute atomic E-state index is 0.326. The molecule has 0 fully saturated rings. The molecular weight excluding hydrogens is 150 g/mol. The topological polar surface area (TPSA) is 81.2 Å². The van der Waals surface area contributed by atoms with E-state index in [1.807, 2.05) is 0 Å². The van der Waals surface area contributed by atoms with E-state index in [1.165, 1.54) is 0 Å². The van der Waals surface area contributed by atoms with Gasteiger partial charge in [0.25, 0.3) is 0 Å². The summed E-state index contributed by atoms with van der Waals surface area (Å²) in [5.74, 6) is -0.738. The molecule has 0 saturated carbocycles. The number of nitrogens with zero attached hydrogens (tertiary/aromatic N) is 3. The summed E-state index contributed by atoms with van der Waals surface area (Å²) >= 11 is 0. The molecule has 0 aliphatic rings. The van der Waals surface area contributed by atoms with Gasteiger partial charge in [0.05, 0.1) is 12.0 Å². The Hall–Kier alpha value is -1.43. The molecule has 0 atom stereocenters. The van der Waals surface area contributed by atoms with E-state index >= 15 is 0 Å². The molecule has 60 valence electrons. The Labute approximate surface area is 67.9 Å². The van der Waals surface area contributed by atoms with Crippen LogP contribution in [0.3, 0.4) is 0 Å². The molecule has 0 aliphatic heterocycles. The first kappa shape index (κ1) is 3.82. The average molecular weight is 161 g/mol. The van der Waals surface area contributed by atoms with Crippen molar-refractivity contribution in [3.05, 3.63) is 22.6 Å². The fraction of sp³-hybridized carbons (Fsp3) is 0.400. The van der Waals surface area contributed by atoms with E-state index in [4.69, 9.17) is 10.6 Å². The van der Waals surface area contributed by atoms with Crippen LogP contribution in [-0.2, 0) is 6.50 Å². The Morgan fingerprint density at radius 1 is 2.00 bits per heavy atom. The summed E-state index contributed by atoms with van der Waals surface area (Å²) in [4.78, 5) is 12.8. The summed E-state index contributed by atoms with van der Waals surface area (Å²) in [5, 5.41) is 19.3. The van der Waals surface area contributed by atoms with Crippen molar-refractivity contribution in [1.29, 1.82) is 0 Å². The third-order valence-electron chi connectivity index (χ3n) is 0.976. The second kappa shape index (κ2) is 3.11. The molecule has 0 amide bonds. The quantitative estimate of drug-likeness (QED) is 0.491. The molecule has 0 spiro atoms. The van der Waals surface area contributed by atoms with Gasteiger partial charge in [-0.25, -0.2) is 9.55 Å². The summed E-state index contributed by atoms with van der Waals surface area (Å²) < 4.78 is 28.4. The first-order valence-corrected chi connectivity index (χ1v) is 2.57. The molecule has 0 unspecified atom stereocenters. The van der Waals surface area contributed by atoms with Gasteiger partial charge in [-0.3, -0.25) is 0 Å². The standard InChI is InChI=1S/C5H7N3O3/c9-2-1-7-4-6-3-5(7)8(10)11/h3-4,9H,1-2H2/i1D2,2D2. The molecule has 1 aromatic rings. The zero-order valence-electron chi connectivity index (χ0n) is 9.26. The van der Waals surface area contributed by atoms with Crippen LogP contribution < -0.4 is 0 Å². The van der Waals surface area contributed by atoms with Gasteiger partial charge in [-0.05, 0) is 4.92 Å². The molecule has 0 aliphatic carbocycles. The fourth-order valence-corrected chi connectivity index (χ4v) is 0.563. The molecule has 0 radical (unpaired) electrons. The van der Waals surface area contributed by atoms with Crippen molar-refractivity contribution < 1.29 is 15.5 Å². The van der Waals surface area contributed by atoms with Crippen LogP contribution in [0.1, 0.15) is 5.48 Å². The van der Waals surface area contributed by atoms with Crippen molar-refractivity contribution >= 4 is 5.82 Å². The van der Waals surface area contributed by atoms with Crippen LogP contribution in [0.25, 0.3) is 0 Å². The Balaban J connectivity index is 3.27. The van der Waals surface area contributed by atoms with Gasteiger partial charge in [-0.2, -0.15) is 0 Å². The highest BCUT2D eigenvalue weighted by Crippen LogP contribution is 2.07. The normalized spacial score (nSPS) is 17.9. The van der Waals surface area contributed by atoms with Crippen molar-refractivity contribution in [3.63, 3.8) is 0 Å². The first-order valence-electron chi connectivity index (χ1n) is 4.57. The smallest absolute Gasteiger partial charge is 0.342 e. The lowest BCUT2D eigenvalue weighted by Gasteiger charge is -1.95. The van der Waals surface area contributed by atoms with E-state index in [2.05, 4.69) is 4.98 Å². The van der Waals surface area contributed by atoms with Gasteiger partial charge in [-0.1, -0.05) is 0 Å². The van der Waals surface area contributed by atoms with Crippen LogP contribution in [0.2, 0.25) is 0 Å². The molecule has 1 N–H and O–H groups in total. The van der Waals surface area contributed by atoms with E-state index in [-0.39, 0.29) is 0 Å². The Kier molecular flexibility index (Phi) is 1.08. The van der Waals surface area contributed by atoms with Gasteiger partial charge in [0, 0.05) is 0 Å². The minimum atomic E-state index is -3.25. The maximum Gasteiger partial charge on any atom is 0.342 e. The van der Waals surface area contributed by atoms with E-state index in [0.717, 1.165) is 12.5 Å². The number of aromatic nitrogens is 2. The van der Waals surface area contributed by atoms with Crippen LogP contribution in [0.15, 0.2) is 12.5 Å². The Morgan fingerprint density at radius 3 is 3.27 bits per heavy atom. The van der Waals surface area contributed by atoms with E-state index in [1.54, 1.807) is 0 Å². The number of hydrogen-bond donors (Lipinski definition) is 1. The number of aliphatic hydroxyl groups is 1. The van der Waals surface area contributed by atoms with Crippen molar-refractivity contribution in [2.45, 2.75) is 6.50 Å². The van der Waals surface area contributed by atoms with Crippen LogP contribution in [-0.4, -0.2) is 26.1 Å². The van der Waals surface area contributed by atoms with E-state index < -0.39 is 23.8 Å². The molecule has 0 aromatic carbocycles. The molecule has 0 bridgehead atoms. The highest BCUT2D eigenvalue weighted by atomic mass is 16.6. The second-order valence-electron chi connectivity index (χ2n) is 1.60. The predicted molar refractivity (Wildman–Crippen MR) is 36.0 cm³/mol. The van der Waals surface area contributed by atoms with Crippen LogP contribution >= 0.6 is 0 Å². The molecule has 6 nitrogen and oxygen atoms in total.